The van der Waals surface area contributed by atoms with Gasteiger partial charge in [-0.3, -0.25) is 14.4 Å². The SMILES string of the molecule is CC.NCCNC(=O)C(CCCNC(=O)CBr)NC(=O)CBr. The van der Waals surface area contributed by atoms with Crippen molar-refractivity contribution >= 4 is 49.6 Å². The zero-order chi connectivity index (χ0) is 17.4. The number of nitrogens with one attached hydrogen (secondary N) is 3. The van der Waals surface area contributed by atoms with Crippen molar-refractivity contribution in [1.29, 1.82) is 0 Å². The van der Waals surface area contributed by atoms with Crippen molar-refractivity contribution < 1.29 is 14.4 Å². The molecule has 0 aliphatic rings. The highest BCUT2D eigenvalue weighted by atomic mass is 79.9. The summed E-state index contributed by atoms with van der Waals surface area (Å²) >= 11 is 6.07. The van der Waals surface area contributed by atoms with E-state index in [9.17, 15) is 14.4 Å². The number of halogens is 2. The molecule has 0 heterocycles. The van der Waals surface area contributed by atoms with Gasteiger partial charge in [-0.1, -0.05) is 45.7 Å². The average Bonchev–Trinajstić information content (AvgIpc) is 2.56. The fourth-order valence-corrected chi connectivity index (χ4v) is 1.76. The van der Waals surface area contributed by atoms with E-state index in [1.807, 2.05) is 13.8 Å². The summed E-state index contributed by atoms with van der Waals surface area (Å²) in [5, 5.41) is 8.31. The number of carbonyl (C=O) groups is 3. The smallest absolute Gasteiger partial charge is 0.242 e. The van der Waals surface area contributed by atoms with E-state index >= 15 is 0 Å². The van der Waals surface area contributed by atoms with Crippen molar-refractivity contribution in [2.75, 3.05) is 30.3 Å². The minimum atomic E-state index is -0.618. The zero-order valence-electron chi connectivity index (χ0n) is 13.1. The first-order valence-electron chi connectivity index (χ1n) is 7.20. The monoisotopic (exact) mass is 444 g/mol. The molecule has 0 saturated heterocycles. The van der Waals surface area contributed by atoms with Crippen LogP contribution in [0.15, 0.2) is 0 Å². The van der Waals surface area contributed by atoms with E-state index < -0.39 is 6.04 Å². The molecule has 0 fully saturated rings. The summed E-state index contributed by atoms with van der Waals surface area (Å²) in [5.41, 5.74) is 5.31. The van der Waals surface area contributed by atoms with E-state index in [0.29, 0.717) is 32.5 Å². The molecular formula is C13H26Br2N4O3. The Morgan fingerprint density at radius 2 is 1.59 bits per heavy atom. The van der Waals surface area contributed by atoms with Crippen molar-refractivity contribution in [3.63, 3.8) is 0 Å². The normalized spacial score (nSPS) is 10.8. The Morgan fingerprint density at radius 1 is 1.00 bits per heavy atom. The van der Waals surface area contributed by atoms with Crippen LogP contribution in [0, 0.1) is 0 Å². The van der Waals surface area contributed by atoms with E-state index in [1.165, 1.54) is 0 Å². The predicted octanol–water partition coefficient (Wildman–Crippen LogP) is 0.259. The van der Waals surface area contributed by atoms with Gasteiger partial charge < -0.3 is 21.7 Å². The lowest BCUT2D eigenvalue weighted by Crippen LogP contribution is -2.48. The molecule has 22 heavy (non-hydrogen) atoms. The van der Waals surface area contributed by atoms with Crippen LogP contribution >= 0.6 is 31.9 Å². The number of hydrogen-bond donors (Lipinski definition) is 4. The Bertz CT molecular complexity index is 330. The second-order valence-electron chi connectivity index (χ2n) is 3.96. The van der Waals surface area contributed by atoms with Gasteiger partial charge in [0, 0.05) is 19.6 Å². The van der Waals surface area contributed by atoms with E-state index in [4.69, 9.17) is 5.73 Å². The molecule has 0 spiro atoms. The second-order valence-corrected chi connectivity index (χ2v) is 5.08. The third kappa shape index (κ3) is 13.0. The quantitative estimate of drug-likeness (QED) is 0.285. The van der Waals surface area contributed by atoms with Crippen LogP contribution in [0.2, 0.25) is 0 Å². The Hall–Kier alpha value is -0.670. The van der Waals surface area contributed by atoms with Crippen LogP contribution in [0.3, 0.4) is 0 Å². The highest BCUT2D eigenvalue weighted by Gasteiger charge is 2.19. The number of alkyl halides is 2. The van der Waals surface area contributed by atoms with Crippen molar-refractivity contribution in [2.45, 2.75) is 32.7 Å². The minimum absolute atomic E-state index is 0.112. The molecule has 0 aromatic rings. The maximum absolute atomic E-state index is 11.8. The van der Waals surface area contributed by atoms with Crippen LogP contribution in [-0.2, 0) is 14.4 Å². The van der Waals surface area contributed by atoms with E-state index in [-0.39, 0.29) is 28.4 Å². The molecule has 7 nitrogen and oxygen atoms in total. The molecule has 1 atom stereocenters. The molecular weight excluding hydrogens is 420 g/mol. The zero-order valence-corrected chi connectivity index (χ0v) is 16.3. The van der Waals surface area contributed by atoms with Crippen molar-refractivity contribution in [2.24, 2.45) is 5.73 Å². The molecule has 0 aromatic carbocycles. The molecule has 0 saturated carbocycles. The van der Waals surface area contributed by atoms with Crippen LogP contribution in [0.1, 0.15) is 26.7 Å². The Balaban J connectivity index is 0. The van der Waals surface area contributed by atoms with Gasteiger partial charge in [0.25, 0.3) is 0 Å². The number of rotatable bonds is 10. The molecule has 0 aliphatic heterocycles. The standard InChI is InChI=1S/C11H20Br2N4O3.C2H6/c12-6-9(18)15-4-1-2-8(17-10(19)7-13)11(20)16-5-3-14;1-2/h8H,1-7,14H2,(H,15,18)(H,16,20)(H,17,19);1-2H3. The van der Waals surface area contributed by atoms with Gasteiger partial charge in [-0.2, -0.15) is 0 Å². The second kappa shape index (κ2) is 16.7. The van der Waals surface area contributed by atoms with Crippen molar-refractivity contribution in [3.05, 3.63) is 0 Å². The average molecular weight is 446 g/mol. The third-order valence-corrected chi connectivity index (χ3v) is 3.35. The fraction of sp³-hybridized carbons (Fsp3) is 0.769. The Kier molecular flexibility index (Phi) is 17.9. The maximum Gasteiger partial charge on any atom is 0.242 e. The fourth-order valence-electron chi connectivity index (χ4n) is 1.40. The molecule has 0 rings (SSSR count). The van der Waals surface area contributed by atoms with E-state index in [1.54, 1.807) is 0 Å². The lowest BCUT2D eigenvalue weighted by atomic mass is 10.1. The lowest BCUT2D eigenvalue weighted by molar-refractivity contribution is -0.128. The third-order valence-electron chi connectivity index (χ3n) is 2.33. The predicted molar refractivity (Wildman–Crippen MR) is 95.2 cm³/mol. The van der Waals surface area contributed by atoms with Gasteiger partial charge >= 0.3 is 0 Å². The first-order chi connectivity index (χ1) is 10.5. The van der Waals surface area contributed by atoms with Crippen LogP contribution in [0.4, 0.5) is 0 Å². The molecule has 0 bridgehead atoms. The van der Waals surface area contributed by atoms with Gasteiger partial charge in [0.15, 0.2) is 0 Å². The van der Waals surface area contributed by atoms with E-state index in [2.05, 4.69) is 47.8 Å². The van der Waals surface area contributed by atoms with Gasteiger partial charge in [-0.15, -0.1) is 0 Å². The molecule has 130 valence electrons. The number of hydrogen-bond acceptors (Lipinski definition) is 4. The first-order valence-corrected chi connectivity index (χ1v) is 9.45. The van der Waals surface area contributed by atoms with Crippen LogP contribution in [-0.4, -0.2) is 54.1 Å². The lowest BCUT2D eigenvalue weighted by Gasteiger charge is -2.17. The molecule has 0 aromatic heterocycles. The summed E-state index contributed by atoms with van der Waals surface area (Å²) < 4.78 is 0. The van der Waals surface area contributed by atoms with Crippen LogP contribution in [0.25, 0.3) is 0 Å². The van der Waals surface area contributed by atoms with Crippen molar-refractivity contribution in [1.82, 2.24) is 16.0 Å². The van der Waals surface area contributed by atoms with Gasteiger partial charge in [0.05, 0.1) is 10.7 Å². The van der Waals surface area contributed by atoms with Crippen molar-refractivity contribution in [3.8, 4) is 0 Å². The number of nitrogens with two attached hydrogens (primary N) is 1. The summed E-state index contributed by atoms with van der Waals surface area (Å²) in [6.07, 6.45) is 1.03. The Morgan fingerprint density at radius 3 is 2.09 bits per heavy atom. The summed E-state index contributed by atoms with van der Waals surface area (Å²) in [5.74, 6) is -0.641. The molecule has 5 N–H and O–H groups in total. The minimum Gasteiger partial charge on any atom is -0.355 e. The molecule has 9 heteroatoms. The van der Waals surface area contributed by atoms with Gasteiger partial charge in [-0.25, -0.2) is 0 Å². The van der Waals surface area contributed by atoms with Crippen LogP contribution in [0.5, 0.6) is 0 Å². The summed E-state index contributed by atoms with van der Waals surface area (Å²) in [4.78, 5) is 34.2. The summed E-state index contributed by atoms with van der Waals surface area (Å²) in [6.45, 7) is 5.15. The summed E-state index contributed by atoms with van der Waals surface area (Å²) in [6, 6.07) is -0.618. The number of carbonyl (C=O) groups excluding carboxylic acids is 3. The van der Waals surface area contributed by atoms with Gasteiger partial charge in [0.1, 0.15) is 6.04 Å². The molecule has 0 aliphatic carbocycles. The highest BCUT2D eigenvalue weighted by molar-refractivity contribution is 9.09. The molecule has 1 unspecified atom stereocenters. The number of amides is 3. The largest absolute Gasteiger partial charge is 0.355 e. The summed E-state index contributed by atoms with van der Waals surface area (Å²) in [7, 11) is 0. The molecule has 3 amide bonds. The van der Waals surface area contributed by atoms with Crippen LogP contribution < -0.4 is 21.7 Å². The topological polar surface area (TPSA) is 113 Å². The Labute approximate surface area is 148 Å². The maximum atomic E-state index is 11.8. The highest BCUT2D eigenvalue weighted by Crippen LogP contribution is 1.98. The van der Waals surface area contributed by atoms with E-state index in [0.717, 1.165) is 0 Å². The van der Waals surface area contributed by atoms with Gasteiger partial charge in [-0.05, 0) is 12.8 Å². The van der Waals surface area contributed by atoms with Gasteiger partial charge in [0.2, 0.25) is 17.7 Å². The molecule has 0 radical (unpaired) electrons. The first kappa shape index (κ1) is 23.6.